The molecule has 1 N–H and O–H groups in total. The predicted octanol–water partition coefficient (Wildman–Crippen LogP) is 3.69. The molecule has 6 nitrogen and oxygen atoms in total. The van der Waals surface area contributed by atoms with Gasteiger partial charge in [-0.1, -0.05) is 18.2 Å². The smallest absolute Gasteiger partial charge is 0.261 e. The van der Waals surface area contributed by atoms with Crippen molar-refractivity contribution < 1.29 is 0 Å². The number of hydrogen-bond acceptors (Lipinski definition) is 4. The van der Waals surface area contributed by atoms with Crippen LogP contribution >= 0.6 is 0 Å². The number of aromatic amines is 1. The molecule has 4 aromatic rings. The Morgan fingerprint density at radius 2 is 2.16 bits per heavy atom. The third-order valence-electron chi connectivity index (χ3n) is 6.16. The van der Waals surface area contributed by atoms with Gasteiger partial charge in [0.1, 0.15) is 5.65 Å². The summed E-state index contributed by atoms with van der Waals surface area (Å²) in [6.07, 6.45) is 7.76. The number of rotatable bonds is 4. The molecule has 1 aliphatic rings. The van der Waals surface area contributed by atoms with Crippen LogP contribution in [-0.4, -0.2) is 38.9 Å². The van der Waals surface area contributed by atoms with Crippen LogP contribution < -0.4 is 5.56 Å². The van der Waals surface area contributed by atoms with E-state index >= 15 is 0 Å². The van der Waals surface area contributed by atoms with E-state index in [1.807, 2.05) is 49.5 Å². The summed E-state index contributed by atoms with van der Waals surface area (Å²) in [6.45, 7) is 4.57. The Kier molecular flexibility index (Phi) is 4.89. The zero-order valence-electron chi connectivity index (χ0n) is 17.4. The van der Waals surface area contributed by atoms with Crippen molar-refractivity contribution >= 4 is 22.1 Å². The van der Waals surface area contributed by atoms with Crippen LogP contribution in [0.2, 0.25) is 0 Å². The van der Waals surface area contributed by atoms with E-state index in [9.17, 15) is 4.79 Å². The lowest BCUT2D eigenvalue weighted by Crippen LogP contribution is -2.32. The van der Waals surface area contributed by atoms with Crippen molar-refractivity contribution in [3.63, 3.8) is 0 Å². The summed E-state index contributed by atoms with van der Waals surface area (Å²) in [7, 11) is 0. The number of aryl methyl sites for hydroxylation is 1. The molecule has 1 aromatic carbocycles. The molecule has 5 rings (SSSR count). The zero-order chi connectivity index (χ0) is 21.4. The summed E-state index contributed by atoms with van der Waals surface area (Å²) in [6, 6.07) is 13.6. The molecule has 4 heterocycles. The Morgan fingerprint density at radius 3 is 2.97 bits per heavy atom. The van der Waals surface area contributed by atoms with Gasteiger partial charge >= 0.3 is 0 Å². The Morgan fingerprint density at radius 1 is 1.26 bits per heavy atom. The van der Waals surface area contributed by atoms with Crippen molar-refractivity contribution in [2.75, 3.05) is 19.6 Å². The van der Waals surface area contributed by atoms with Crippen molar-refractivity contribution in [2.45, 2.75) is 19.8 Å². The highest BCUT2D eigenvalue weighted by Crippen LogP contribution is 2.29. The number of nitriles is 1. The number of aromatic nitrogens is 3. The van der Waals surface area contributed by atoms with E-state index in [2.05, 4.69) is 27.0 Å². The lowest BCUT2D eigenvalue weighted by molar-refractivity contribution is 0.305. The molecule has 6 heteroatoms. The fraction of sp³-hybridized carbons (Fsp3) is 0.240. The molecular formula is C25H23N5O. The minimum atomic E-state index is 0.0341. The average Bonchev–Trinajstić information content (AvgIpc) is 3.22. The van der Waals surface area contributed by atoms with Gasteiger partial charge in [0.15, 0.2) is 0 Å². The average molecular weight is 409 g/mol. The van der Waals surface area contributed by atoms with Gasteiger partial charge in [0.05, 0.1) is 11.6 Å². The van der Waals surface area contributed by atoms with Crippen LogP contribution in [0.25, 0.3) is 22.1 Å². The van der Waals surface area contributed by atoms with Crippen molar-refractivity contribution in [3.8, 4) is 6.07 Å². The number of hydrogen-bond donors (Lipinski definition) is 1. The van der Waals surface area contributed by atoms with Crippen LogP contribution in [-0.2, 0) is 6.42 Å². The quantitative estimate of drug-likeness (QED) is 0.558. The molecule has 0 amide bonds. The molecule has 0 radical (unpaired) electrons. The lowest BCUT2D eigenvalue weighted by atomic mass is 9.98. The second-order valence-electron chi connectivity index (χ2n) is 8.01. The fourth-order valence-corrected chi connectivity index (χ4v) is 4.41. The first-order chi connectivity index (χ1) is 15.1. The highest BCUT2D eigenvalue weighted by atomic mass is 16.1. The van der Waals surface area contributed by atoms with Gasteiger partial charge in [-0.05, 0) is 49.6 Å². The predicted molar refractivity (Wildman–Crippen MR) is 122 cm³/mol. The second kappa shape index (κ2) is 7.86. The first-order valence-corrected chi connectivity index (χ1v) is 10.5. The summed E-state index contributed by atoms with van der Waals surface area (Å²) in [5, 5.41) is 10.3. The largest absolute Gasteiger partial charge is 0.361 e. The number of pyridine rings is 1. The van der Waals surface area contributed by atoms with Gasteiger partial charge in [0, 0.05) is 59.8 Å². The standard InChI is InChI=1S/C25H23N5O/c1-17-20(25(31)30-10-3-2-4-24(30)28-17)9-13-29-11-7-19(8-12-29)22-16-27-23-14-18(15-26)5-6-21(22)23/h2-7,10,14,16,27H,8-9,11-13H2,1H3. The molecule has 0 atom stereocenters. The van der Waals surface area contributed by atoms with E-state index in [-0.39, 0.29) is 5.56 Å². The Balaban J connectivity index is 1.31. The van der Waals surface area contributed by atoms with E-state index in [4.69, 9.17) is 5.26 Å². The molecule has 0 spiro atoms. The van der Waals surface area contributed by atoms with Crippen LogP contribution in [0.1, 0.15) is 28.8 Å². The summed E-state index contributed by atoms with van der Waals surface area (Å²) >= 11 is 0. The number of H-pyrrole nitrogens is 1. The van der Waals surface area contributed by atoms with Gasteiger partial charge in [-0.3, -0.25) is 14.1 Å². The maximum absolute atomic E-state index is 12.9. The zero-order valence-corrected chi connectivity index (χ0v) is 17.4. The normalized spacial score (nSPS) is 14.6. The van der Waals surface area contributed by atoms with Crippen LogP contribution in [0.15, 0.2) is 59.7 Å². The Bertz CT molecular complexity index is 1420. The first kappa shape index (κ1) is 19.3. The summed E-state index contributed by atoms with van der Waals surface area (Å²) in [4.78, 5) is 23.1. The van der Waals surface area contributed by atoms with Crippen LogP contribution in [0.3, 0.4) is 0 Å². The van der Waals surface area contributed by atoms with E-state index in [0.29, 0.717) is 17.6 Å². The summed E-state index contributed by atoms with van der Waals surface area (Å²) in [5.41, 5.74) is 6.55. The van der Waals surface area contributed by atoms with Crippen molar-refractivity contribution in [1.82, 2.24) is 19.3 Å². The molecule has 0 unspecified atom stereocenters. The van der Waals surface area contributed by atoms with E-state index in [0.717, 1.165) is 48.2 Å². The maximum Gasteiger partial charge on any atom is 0.261 e. The van der Waals surface area contributed by atoms with Gasteiger partial charge in [-0.15, -0.1) is 0 Å². The van der Waals surface area contributed by atoms with Crippen LogP contribution in [0.5, 0.6) is 0 Å². The van der Waals surface area contributed by atoms with Crippen molar-refractivity contribution in [3.05, 3.63) is 87.6 Å². The molecule has 0 saturated heterocycles. The van der Waals surface area contributed by atoms with E-state index in [1.54, 1.807) is 10.6 Å². The van der Waals surface area contributed by atoms with Gasteiger partial charge in [-0.25, -0.2) is 4.98 Å². The topological polar surface area (TPSA) is 77.2 Å². The third-order valence-corrected chi connectivity index (χ3v) is 6.16. The van der Waals surface area contributed by atoms with Crippen molar-refractivity contribution in [2.24, 2.45) is 0 Å². The third kappa shape index (κ3) is 3.54. The summed E-state index contributed by atoms with van der Waals surface area (Å²) in [5.74, 6) is 0. The monoisotopic (exact) mass is 409 g/mol. The number of nitrogens with one attached hydrogen (secondary N) is 1. The SMILES string of the molecule is Cc1nc2ccccn2c(=O)c1CCN1CC=C(c2c[nH]c3cc(C#N)ccc23)CC1. The van der Waals surface area contributed by atoms with Crippen LogP contribution in [0.4, 0.5) is 0 Å². The molecule has 154 valence electrons. The minimum Gasteiger partial charge on any atom is -0.361 e. The molecule has 31 heavy (non-hydrogen) atoms. The maximum atomic E-state index is 12.9. The number of nitrogens with zero attached hydrogens (tertiary/aromatic N) is 4. The highest BCUT2D eigenvalue weighted by Gasteiger charge is 2.17. The van der Waals surface area contributed by atoms with E-state index < -0.39 is 0 Å². The molecular weight excluding hydrogens is 386 g/mol. The first-order valence-electron chi connectivity index (χ1n) is 10.5. The van der Waals surface area contributed by atoms with Gasteiger partial charge in [-0.2, -0.15) is 5.26 Å². The second-order valence-corrected chi connectivity index (χ2v) is 8.01. The molecule has 1 aliphatic heterocycles. The molecule has 3 aromatic heterocycles. The fourth-order valence-electron chi connectivity index (χ4n) is 4.41. The lowest BCUT2D eigenvalue weighted by Gasteiger charge is -2.26. The van der Waals surface area contributed by atoms with Crippen molar-refractivity contribution in [1.29, 1.82) is 5.26 Å². The van der Waals surface area contributed by atoms with E-state index in [1.165, 1.54) is 11.1 Å². The molecule has 0 bridgehead atoms. The Labute approximate surface area is 180 Å². The Hall–Kier alpha value is -3.69. The molecule has 0 fully saturated rings. The van der Waals surface area contributed by atoms with Gasteiger partial charge < -0.3 is 4.98 Å². The summed E-state index contributed by atoms with van der Waals surface area (Å²) < 4.78 is 1.63. The van der Waals surface area contributed by atoms with Gasteiger partial charge in [0.25, 0.3) is 5.56 Å². The number of benzene rings is 1. The molecule has 0 saturated carbocycles. The van der Waals surface area contributed by atoms with Crippen LogP contribution in [0, 0.1) is 18.3 Å². The number of fused-ring (bicyclic) bond motifs is 2. The molecule has 0 aliphatic carbocycles. The minimum absolute atomic E-state index is 0.0341. The highest BCUT2D eigenvalue weighted by molar-refractivity contribution is 5.93. The van der Waals surface area contributed by atoms with Gasteiger partial charge in [0.2, 0.25) is 0 Å².